The number of ether oxygens (including phenoxy) is 5. The Bertz CT molecular complexity index is 1090. The highest BCUT2D eigenvalue weighted by atomic mass is 16.7. The minimum atomic E-state index is -0.706. The van der Waals surface area contributed by atoms with E-state index >= 15 is 0 Å². The molecule has 0 spiro atoms. The fourth-order valence-corrected chi connectivity index (χ4v) is 4.79. The molecule has 31 heavy (non-hydrogen) atoms. The number of aromatic hydroxyl groups is 2. The van der Waals surface area contributed by atoms with Gasteiger partial charge in [0, 0.05) is 24.3 Å². The molecule has 5 rings (SSSR count). The number of fused-ring (bicyclic) bond motifs is 3. The Balaban J connectivity index is 1.75. The second kappa shape index (κ2) is 6.97. The van der Waals surface area contributed by atoms with Gasteiger partial charge in [0.05, 0.1) is 19.6 Å². The number of hydrogen-bond donors (Lipinski definition) is 2. The van der Waals surface area contributed by atoms with Gasteiger partial charge in [-0.15, -0.1) is 0 Å². The Labute approximate surface area is 177 Å². The van der Waals surface area contributed by atoms with Crippen LogP contribution in [-0.4, -0.2) is 42.7 Å². The summed E-state index contributed by atoms with van der Waals surface area (Å²) in [6, 6.07) is 6.49. The summed E-state index contributed by atoms with van der Waals surface area (Å²) in [6.07, 6.45) is -0.706. The lowest BCUT2D eigenvalue weighted by Crippen LogP contribution is -2.36. The zero-order valence-electron chi connectivity index (χ0n) is 16.8. The molecule has 2 N–H and O–H groups in total. The summed E-state index contributed by atoms with van der Waals surface area (Å²) in [6.45, 7) is 1.46. The Morgan fingerprint density at radius 3 is 2.45 bits per heavy atom. The molecule has 1 aliphatic carbocycles. The van der Waals surface area contributed by atoms with Crippen molar-refractivity contribution >= 4 is 11.9 Å². The molecule has 2 heterocycles. The summed E-state index contributed by atoms with van der Waals surface area (Å²) >= 11 is 0. The van der Waals surface area contributed by atoms with Crippen LogP contribution in [0.3, 0.4) is 0 Å². The van der Waals surface area contributed by atoms with E-state index in [-0.39, 0.29) is 24.9 Å². The van der Waals surface area contributed by atoms with Crippen LogP contribution in [0.15, 0.2) is 24.3 Å². The van der Waals surface area contributed by atoms with Crippen molar-refractivity contribution in [3.05, 3.63) is 41.0 Å². The van der Waals surface area contributed by atoms with Crippen LogP contribution in [0, 0.1) is 11.8 Å². The highest BCUT2D eigenvalue weighted by molar-refractivity contribution is 5.79. The lowest BCUT2D eigenvalue weighted by atomic mass is 9.66. The Morgan fingerprint density at radius 1 is 1.06 bits per heavy atom. The SMILES string of the molecule is COc1cc([C@@H]2c3cc4c(cc3[C@H](OC(C)=O)[C@H]3COC(=O)[C@H]23)OCO4)cc(O)c1O. The van der Waals surface area contributed by atoms with Gasteiger partial charge in [0.25, 0.3) is 0 Å². The van der Waals surface area contributed by atoms with Gasteiger partial charge in [0.15, 0.2) is 23.0 Å². The summed E-state index contributed by atoms with van der Waals surface area (Å²) in [5.41, 5.74) is 1.90. The molecule has 9 heteroatoms. The molecule has 0 radical (unpaired) electrons. The minimum absolute atomic E-state index is 0.0594. The average molecular weight is 428 g/mol. The fraction of sp³-hybridized carbons (Fsp3) is 0.364. The van der Waals surface area contributed by atoms with E-state index < -0.39 is 41.5 Å². The minimum Gasteiger partial charge on any atom is -0.504 e. The van der Waals surface area contributed by atoms with Crippen molar-refractivity contribution < 1.29 is 43.5 Å². The van der Waals surface area contributed by atoms with Gasteiger partial charge in [-0.2, -0.15) is 0 Å². The highest BCUT2D eigenvalue weighted by Crippen LogP contribution is 2.56. The summed E-state index contributed by atoms with van der Waals surface area (Å²) < 4.78 is 27.2. The van der Waals surface area contributed by atoms with Crippen molar-refractivity contribution in [2.45, 2.75) is 18.9 Å². The molecule has 1 fully saturated rings. The molecule has 3 aliphatic rings. The molecule has 0 amide bonds. The quantitative estimate of drug-likeness (QED) is 0.561. The topological polar surface area (TPSA) is 121 Å². The van der Waals surface area contributed by atoms with Crippen molar-refractivity contribution in [3.8, 4) is 28.7 Å². The van der Waals surface area contributed by atoms with Crippen molar-refractivity contribution in [3.63, 3.8) is 0 Å². The maximum atomic E-state index is 12.8. The van der Waals surface area contributed by atoms with E-state index in [9.17, 15) is 19.8 Å². The third-order valence-corrected chi connectivity index (χ3v) is 6.07. The zero-order valence-corrected chi connectivity index (χ0v) is 16.8. The molecule has 0 saturated carbocycles. The van der Waals surface area contributed by atoms with E-state index in [4.69, 9.17) is 23.7 Å². The molecule has 2 aromatic rings. The largest absolute Gasteiger partial charge is 0.504 e. The van der Waals surface area contributed by atoms with Crippen LogP contribution in [0.5, 0.6) is 28.7 Å². The van der Waals surface area contributed by atoms with Gasteiger partial charge in [-0.05, 0) is 35.4 Å². The third kappa shape index (κ3) is 2.91. The van der Waals surface area contributed by atoms with Crippen LogP contribution in [0.4, 0.5) is 0 Å². The van der Waals surface area contributed by atoms with Crippen molar-refractivity contribution in [1.29, 1.82) is 0 Å². The maximum Gasteiger partial charge on any atom is 0.310 e. The van der Waals surface area contributed by atoms with Gasteiger partial charge in [0.2, 0.25) is 12.5 Å². The van der Waals surface area contributed by atoms with E-state index in [1.807, 2.05) is 0 Å². The molecule has 162 valence electrons. The van der Waals surface area contributed by atoms with Crippen LogP contribution in [0.25, 0.3) is 0 Å². The van der Waals surface area contributed by atoms with Gasteiger partial charge in [-0.3, -0.25) is 9.59 Å². The Morgan fingerprint density at radius 2 is 1.77 bits per heavy atom. The van der Waals surface area contributed by atoms with Crippen LogP contribution >= 0.6 is 0 Å². The van der Waals surface area contributed by atoms with Crippen molar-refractivity contribution in [2.75, 3.05) is 20.5 Å². The Kier molecular flexibility index (Phi) is 4.35. The van der Waals surface area contributed by atoms with Gasteiger partial charge in [-0.25, -0.2) is 0 Å². The first-order valence-corrected chi connectivity index (χ1v) is 9.76. The lowest BCUT2D eigenvalue weighted by Gasteiger charge is -2.38. The molecule has 4 atom stereocenters. The van der Waals surface area contributed by atoms with Crippen LogP contribution in [0.2, 0.25) is 0 Å². The molecule has 2 aliphatic heterocycles. The average Bonchev–Trinajstić information content (AvgIpc) is 3.35. The van der Waals surface area contributed by atoms with Crippen LogP contribution < -0.4 is 14.2 Å². The van der Waals surface area contributed by atoms with Gasteiger partial charge < -0.3 is 33.9 Å². The first-order chi connectivity index (χ1) is 14.9. The van der Waals surface area contributed by atoms with Gasteiger partial charge in [-0.1, -0.05) is 0 Å². The van der Waals surface area contributed by atoms with E-state index in [0.717, 1.165) is 0 Å². The molecule has 1 saturated heterocycles. The predicted molar refractivity (Wildman–Crippen MR) is 103 cm³/mol. The zero-order chi connectivity index (χ0) is 21.9. The van der Waals surface area contributed by atoms with Gasteiger partial charge in [0.1, 0.15) is 6.10 Å². The second-order valence-corrected chi connectivity index (χ2v) is 7.75. The number of carbonyl (C=O) groups excluding carboxylic acids is 2. The number of hydrogen-bond acceptors (Lipinski definition) is 9. The molecule has 2 aromatic carbocycles. The maximum absolute atomic E-state index is 12.8. The number of esters is 2. The molecule has 0 bridgehead atoms. The molecule has 0 unspecified atom stereocenters. The number of cyclic esters (lactones) is 1. The van der Waals surface area contributed by atoms with Crippen molar-refractivity contribution in [1.82, 2.24) is 0 Å². The van der Waals surface area contributed by atoms with E-state index in [0.29, 0.717) is 28.2 Å². The number of phenols is 2. The standard InChI is InChI=1S/C22H20O9/c1-9(23)31-21-12-6-16-15(29-8-30-16)5-11(12)18(19-13(21)7-28-22(19)26)10-3-14(24)20(25)17(4-10)27-2/h3-6,13,18-19,21,24-25H,7-8H2,1-2H3/t13-,18+,19-,21-/m0/s1. The fourth-order valence-electron chi connectivity index (χ4n) is 4.79. The monoisotopic (exact) mass is 428 g/mol. The molecular weight excluding hydrogens is 408 g/mol. The normalized spacial score (nSPS) is 25.4. The number of phenolic OH excluding ortho intramolecular Hbond substituents is 2. The predicted octanol–water partition coefficient (Wildman–Crippen LogP) is 2.37. The highest BCUT2D eigenvalue weighted by Gasteiger charge is 2.54. The van der Waals surface area contributed by atoms with Crippen LogP contribution in [-0.2, 0) is 19.1 Å². The summed E-state index contributed by atoms with van der Waals surface area (Å²) in [7, 11) is 1.37. The summed E-state index contributed by atoms with van der Waals surface area (Å²) in [5.74, 6) is -2.25. The first kappa shape index (κ1) is 19.3. The smallest absolute Gasteiger partial charge is 0.310 e. The van der Waals surface area contributed by atoms with Crippen LogP contribution in [0.1, 0.15) is 35.6 Å². The third-order valence-electron chi connectivity index (χ3n) is 6.07. The van der Waals surface area contributed by atoms with Gasteiger partial charge >= 0.3 is 11.9 Å². The number of rotatable bonds is 3. The van der Waals surface area contributed by atoms with E-state index in [2.05, 4.69) is 0 Å². The second-order valence-electron chi connectivity index (χ2n) is 7.75. The lowest BCUT2D eigenvalue weighted by molar-refractivity contribution is -0.152. The molecule has 0 aromatic heterocycles. The number of benzene rings is 2. The number of carbonyl (C=O) groups is 2. The van der Waals surface area contributed by atoms with E-state index in [1.54, 1.807) is 18.2 Å². The Hall–Kier alpha value is -3.62. The summed E-state index contributed by atoms with van der Waals surface area (Å²) in [4.78, 5) is 24.7. The van der Waals surface area contributed by atoms with E-state index in [1.165, 1.54) is 20.1 Å². The molecular formula is C22H20O9. The first-order valence-electron chi connectivity index (χ1n) is 9.76. The van der Waals surface area contributed by atoms with Crippen molar-refractivity contribution in [2.24, 2.45) is 11.8 Å². The number of methoxy groups -OCH3 is 1. The summed E-state index contributed by atoms with van der Waals surface area (Å²) in [5, 5.41) is 20.3. The molecule has 9 nitrogen and oxygen atoms in total.